The Morgan fingerprint density at radius 2 is 1.12 bits per heavy atom. The number of hydrogen-bond donors (Lipinski definition) is 6. The molecule has 2 aliphatic carbocycles. The van der Waals surface area contributed by atoms with Gasteiger partial charge in [0.15, 0.2) is 12.2 Å². The number of fused-ring (bicyclic) bond motifs is 2. The van der Waals surface area contributed by atoms with Crippen molar-refractivity contribution in [1.82, 2.24) is 20.6 Å². The molecule has 2 aromatic heterocycles. The summed E-state index contributed by atoms with van der Waals surface area (Å²) in [5, 5.41) is 43.5. The maximum absolute atomic E-state index is 16.0. The number of nitrogens with zero attached hydrogens (tertiary/aromatic N) is 2. The molecular formula is C40H42Cl2F2N4O10. The number of aliphatic hydroxyl groups is 2. The highest BCUT2D eigenvalue weighted by Gasteiger charge is 2.40. The van der Waals surface area contributed by atoms with Crippen LogP contribution in [0.1, 0.15) is 58.4 Å². The van der Waals surface area contributed by atoms with Gasteiger partial charge < -0.3 is 50.0 Å². The van der Waals surface area contributed by atoms with Gasteiger partial charge in [-0.25, -0.2) is 8.78 Å². The Balaban J connectivity index is 1.20. The number of ether oxygens (including phenoxy) is 4. The third kappa shape index (κ3) is 9.71. The number of aliphatic hydroxyl groups excluding tert-OH is 2. The molecule has 0 amide bonds. The molecule has 0 radical (unpaired) electrons. The Labute approximate surface area is 342 Å². The Morgan fingerprint density at radius 3 is 1.48 bits per heavy atom. The third-order valence-corrected chi connectivity index (χ3v) is 10.4. The highest BCUT2D eigenvalue weighted by molar-refractivity contribution is 6.32. The quantitative estimate of drug-likeness (QED) is 0.0706. The molecule has 14 nitrogen and oxygen atoms in total. The number of methoxy groups -OCH3 is 2. The van der Waals surface area contributed by atoms with Gasteiger partial charge in [0, 0.05) is 50.1 Å². The molecule has 6 rings (SSSR count). The van der Waals surface area contributed by atoms with Gasteiger partial charge in [0.2, 0.25) is 23.5 Å². The largest absolute Gasteiger partial charge is 0.481 e. The summed E-state index contributed by atoms with van der Waals surface area (Å²) in [5.41, 5.74) is 4.97. The number of halogens is 4. The van der Waals surface area contributed by atoms with Crippen molar-refractivity contribution in [2.45, 2.75) is 75.5 Å². The Hall–Kier alpha value is -4.84. The molecule has 2 heterocycles. The molecule has 6 atom stereocenters. The van der Waals surface area contributed by atoms with Crippen molar-refractivity contribution >= 4 is 35.1 Å². The first-order chi connectivity index (χ1) is 27.8. The van der Waals surface area contributed by atoms with Crippen LogP contribution in [0, 0.1) is 0 Å². The molecule has 0 saturated heterocycles. The minimum absolute atomic E-state index is 0.00146. The molecule has 2 unspecified atom stereocenters. The molecule has 4 aromatic rings. The molecular weight excluding hydrogens is 805 g/mol. The van der Waals surface area contributed by atoms with Crippen LogP contribution in [-0.2, 0) is 35.5 Å². The van der Waals surface area contributed by atoms with Gasteiger partial charge in [0.05, 0.1) is 39.3 Å². The first-order valence-electron chi connectivity index (χ1n) is 18.3. The zero-order valence-electron chi connectivity index (χ0n) is 31.4. The number of carbonyl (C=O) groups is 2. The van der Waals surface area contributed by atoms with E-state index >= 15 is 8.78 Å². The van der Waals surface area contributed by atoms with E-state index in [9.17, 15) is 19.8 Å². The van der Waals surface area contributed by atoms with Gasteiger partial charge in [-0.3, -0.25) is 9.59 Å². The van der Waals surface area contributed by atoms with Crippen LogP contribution in [0.15, 0.2) is 48.5 Å². The number of carboxylic acids is 2. The highest BCUT2D eigenvalue weighted by atomic mass is 35.5. The van der Waals surface area contributed by atoms with E-state index in [-0.39, 0.29) is 72.6 Å². The second-order valence-corrected chi connectivity index (χ2v) is 14.7. The zero-order valence-corrected chi connectivity index (χ0v) is 32.9. The average molecular weight is 848 g/mol. The van der Waals surface area contributed by atoms with Crippen molar-refractivity contribution in [2.75, 3.05) is 27.3 Å². The van der Waals surface area contributed by atoms with Crippen molar-refractivity contribution in [3.05, 3.63) is 92.0 Å². The van der Waals surface area contributed by atoms with Gasteiger partial charge >= 0.3 is 11.9 Å². The van der Waals surface area contributed by atoms with Gasteiger partial charge in [-0.05, 0) is 45.5 Å². The van der Waals surface area contributed by atoms with Crippen LogP contribution >= 0.6 is 23.2 Å². The van der Waals surface area contributed by atoms with Gasteiger partial charge in [-0.15, -0.1) is 0 Å². The number of pyridine rings is 2. The molecule has 2 aliphatic rings. The third-order valence-electron chi connectivity index (χ3n) is 9.82. The molecule has 2 aromatic carbocycles. The highest BCUT2D eigenvalue weighted by Crippen LogP contribution is 2.47. The summed E-state index contributed by atoms with van der Waals surface area (Å²) in [6.07, 6.45) is -8.13. The lowest BCUT2D eigenvalue weighted by Crippen LogP contribution is -2.28. The first-order valence-corrected chi connectivity index (χ1v) is 19.1. The summed E-state index contributed by atoms with van der Waals surface area (Å²) in [6.45, 7) is 0.297. The van der Waals surface area contributed by atoms with Gasteiger partial charge in [-0.2, -0.15) is 9.97 Å². The fourth-order valence-corrected chi connectivity index (χ4v) is 7.70. The fourth-order valence-electron chi connectivity index (χ4n) is 7.27. The molecule has 58 heavy (non-hydrogen) atoms. The predicted octanol–water partition coefficient (Wildman–Crippen LogP) is 5.35. The number of benzene rings is 2. The lowest BCUT2D eigenvalue weighted by Gasteiger charge is -2.20. The van der Waals surface area contributed by atoms with E-state index in [1.54, 1.807) is 36.4 Å². The minimum atomic E-state index is -1.48. The fraction of sp³-hybridized carbons (Fsp3) is 0.400. The smallest absolute Gasteiger partial charge is 0.306 e. The van der Waals surface area contributed by atoms with Gasteiger partial charge in [-0.1, -0.05) is 59.6 Å². The molecule has 0 fully saturated rings. The Morgan fingerprint density at radius 1 is 0.724 bits per heavy atom. The molecule has 0 saturated carbocycles. The number of hydrogen-bond acceptors (Lipinski definition) is 12. The second-order valence-electron chi connectivity index (χ2n) is 13.9. The van der Waals surface area contributed by atoms with E-state index in [0.29, 0.717) is 44.5 Å². The second kappa shape index (κ2) is 18.8. The Bertz CT molecular complexity index is 2000. The predicted molar refractivity (Wildman–Crippen MR) is 207 cm³/mol. The van der Waals surface area contributed by atoms with Crippen LogP contribution in [0.2, 0.25) is 10.0 Å². The van der Waals surface area contributed by atoms with Crippen LogP contribution in [-0.4, -0.2) is 94.2 Å². The zero-order chi connectivity index (χ0) is 41.7. The van der Waals surface area contributed by atoms with Crippen LogP contribution < -0.4 is 29.6 Å². The van der Waals surface area contributed by atoms with Crippen molar-refractivity contribution in [3.63, 3.8) is 0 Å². The first kappa shape index (κ1) is 42.8. The normalized spacial score (nSPS) is 19.2. The summed E-state index contributed by atoms with van der Waals surface area (Å²) in [5.74, 6) is -2.07. The monoisotopic (exact) mass is 846 g/mol. The summed E-state index contributed by atoms with van der Waals surface area (Å²) < 4.78 is 55.0. The van der Waals surface area contributed by atoms with E-state index < -0.39 is 61.5 Å². The lowest BCUT2D eigenvalue weighted by molar-refractivity contribution is -0.140. The summed E-state index contributed by atoms with van der Waals surface area (Å²) in [4.78, 5) is 30.5. The molecule has 0 bridgehead atoms. The van der Waals surface area contributed by atoms with Crippen LogP contribution in [0.5, 0.6) is 23.5 Å². The van der Waals surface area contributed by atoms with E-state index in [4.69, 9.17) is 52.4 Å². The van der Waals surface area contributed by atoms with Gasteiger partial charge in [0.25, 0.3) is 0 Å². The molecule has 6 N–H and O–H groups in total. The minimum Gasteiger partial charge on any atom is -0.481 e. The average Bonchev–Trinajstić information content (AvgIpc) is 3.66. The van der Waals surface area contributed by atoms with Gasteiger partial charge in [0.1, 0.15) is 22.4 Å². The van der Waals surface area contributed by atoms with Crippen LogP contribution in [0.3, 0.4) is 0 Å². The van der Waals surface area contributed by atoms with E-state index in [0.717, 1.165) is 0 Å². The van der Waals surface area contributed by atoms with E-state index in [1.165, 1.54) is 14.2 Å². The Kier molecular flexibility index (Phi) is 13.9. The number of nitrogens with one attached hydrogen (secondary N) is 2. The van der Waals surface area contributed by atoms with Crippen LogP contribution in [0.25, 0.3) is 11.1 Å². The molecule has 0 aliphatic heterocycles. The maximum atomic E-state index is 16.0. The van der Waals surface area contributed by atoms with Crippen molar-refractivity contribution < 1.29 is 57.7 Å². The number of aromatic nitrogens is 2. The summed E-state index contributed by atoms with van der Waals surface area (Å²) >= 11 is 13.1. The number of rotatable bonds is 19. The van der Waals surface area contributed by atoms with E-state index in [2.05, 4.69) is 20.6 Å². The van der Waals surface area contributed by atoms with Crippen molar-refractivity contribution in [2.24, 2.45) is 0 Å². The maximum Gasteiger partial charge on any atom is 0.306 e. The van der Waals surface area contributed by atoms with Crippen molar-refractivity contribution in [1.29, 1.82) is 0 Å². The lowest BCUT2D eigenvalue weighted by atomic mass is 9.91. The summed E-state index contributed by atoms with van der Waals surface area (Å²) in [7, 11) is 2.79. The van der Waals surface area contributed by atoms with Crippen LogP contribution in [0.4, 0.5) is 8.78 Å². The standard InChI is InChI=1S/C40H42Cl2F2N4O10/c1-55-37-19(15-45-17-21(49)11-33(51)52)9-29(41)39(47-37)57-35-25-7-3-5-23(27(25)13-31(35)43)24-6-4-8-26-28(24)14-32(44)36(26)58-40-30(42)10-20(38(48-40)56-2)16-46-18-22(50)12-34(53)54/h3-10,21-22,31-32,35-36,45-46,49-50H,11-18H2,1-2H3,(H,51,52)(H,53,54)/t21?,22?,31-,32-,35+,36+/m0/s1. The van der Waals surface area contributed by atoms with E-state index in [1.807, 2.05) is 12.1 Å². The molecule has 0 spiro atoms. The molecule has 310 valence electrons. The van der Waals surface area contributed by atoms with Crippen molar-refractivity contribution in [3.8, 4) is 34.6 Å². The number of alkyl halides is 2. The number of aliphatic carboxylic acids is 2. The summed E-state index contributed by atoms with van der Waals surface area (Å²) in [6, 6.07) is 13.9. The SMILES string of the molecule is COc1nc(O[C@@H]2c3cccc(-c4cccc5c4C[C@H](F)[C@@H]5Oc4nc(OC)c(CNCC(O)CC(=O)O)cc4Cl)c3C[C@@H]2F)c(Cl)cc1CNCC(O)CC(=O)O. The topological polar surface area (TPSA) is 202 Å². The number of carboxylic acid groups (broad SMARTS) is 2. The molecule has 18 heteroatoms.